The molecule has 0 fully saturated rings. The first-order valence-corrected chi connectivity index (χ1v) is 20.8. The van der Waals surface area contributed by atoms with Crippen molar-refractivity contribution in [3.05, 3.63) is 217 Å². The Kier molecular flexibility index (Phi) is 8.79. The van der Waals surface area contributed by atoms with Crippen molar-refractivity contribution in [2.75, 3.05) is 0 Å². The van der Waals surface area contributed by atoms with Crippen molar-refractivity contribution in [3.63, 3.8) is 0 Å². The largest absolute Gasteiger partial charge is 0.248 e. The van der Waals surface area contributed by atoms with Gasteiger partial charge in [0.1, 0.15) is 0 Å². The van der Waals surface area contributed by atoms with Crippen LogP contribution in [-0.2, 0) is 5.41 Å². The number of rotatable bonds is 7. The van der Waals surface area contributed by atoms with E-state index in [-0.39, 0.29) is 5.41 Å². The molecule has 1 aliphatic rings. The molecule has 0 bridgehead atoms. The van der Waals surface area contributed by atoms with Crippen molar-refractivity contribution in [2.45, 2.75) is 19.3 Å². The number of hydrogen-bond acceptors (Lipinski definition) is 4. The predicted molar refractivity (Wildman–Crippen MR) is 251 cm³/mol. The van der Waals surface area contributed by atoms with Gasteiger partial charge in [-0.15, -0.1) is 0 Å². The van der Waals surface area contributed by atoms with Crippen LogP contribution in [0, 0.1) is 0 Å². The minimum atomic E-state index is -0.0891. The number of aromatic nitrogens is 4. The average molecular weight is 781 g/mol. The number of nitrogens with zero attached hydrogens (tertiary/aromatic N) is 4. The van der Waals surface area contributed by atoms with Crippen LogP contribution in [0.15, 0.2) is 206 Å². The minimum absolute atomic E-state index is 0.0891. The molecule has 0 amide bonds. The van der Waals surface area contributed by atoms with Gasteiger partial charge in [0.15, 0.2) is 17.5 Å². The van der Waals surface area contributed by atoms with E-state index in [2.05, 4.69) is 184 Å². The molecule has 0 N–H and O–H groups in total. The number of hydrogen-bond donors (Lipinski definition) is 0. The second kappa shape index (κ2) is 14.8. The Morgan fingerprint density at radius 2 is 0.721 bits per heavy atom. The van der Waals surface area contributed by atoms with Gasteiger partial charge in [-0.05, 0) is 73.8 Å². The molecule has 0 unspecified atom stereocenters. The van der Waals surface area contributed by atoms with E-state index >= 15 is 0 Å². The second-order valence-corrected chi connectivity index (χ2v) is 16.3. The normalized spacial score (nSPS) is 12.6. The van der Waals surface area contributed by atoms with Crippen LogP contribution >= 0.6 is 0 Å². The van der Waals surface area contributed by atoms with Gasteiger partial charge >= 0.3 is 0 Å². The van der Waals surface area contributed by atoms with Gasteiger partial charge in [0.05, 0.1) is 11.2 Å². The van der Waals surface area contributed by atoms with E-state index in [1.165, 1.54) is 33.2 Å². The standard InChI is InChI=1S/C57H40N4/c1-57(2)49-20-10-9-19-47(49)48-36-52(58-51-22-12-21-50(57)53(48)51)42-31-27-40(28-32-42)39-23-25-41(26-24-39)45-17-11-18-46(35-45)56-60-54(43-15-7-4-8-16-43)59-55(61-56)44-33-29-38(30-34-44)37-13-5-3-6-14-37/h3-36H,1-2H3. The summed E-state index contributed by atoms with van der Waals surface area (Å²) in [6, 6.07) is 72.6. The monoisotopic (exact) mass is 780 g/mol. The van der Waals surface area contributed by atoms with E-state index in [1.807, 2.05) is 36.4 Å². The van der Waals surface area contributed by atoms with E-state index in [0.717, 1.165) is 61.3 Å². The van der Waals surface area contributed by atoms with Crippen LogP contribution in [0.25, 0.3) is 101 Å². The first-order chi connectivity index (χ1) is 30.0. The summed E-state index contributed by atoms with van der Waals surface area (Å²) in [5.41, 5.74) is 17.9. The van der Waals surface area contributed by atoms with Crippen molar-refractivity contribution in [1.82, 2.24) is 19.9 Å². The molecule has 4 nitrogen and oxygen atoms in total. The molecule has 0 spiro atoms. The molecule has 2 aromatic heterocycles. The number of pyridine rings is 1. The highest BCUT2D eigenvalue weighted by molar-refractivity contribution is 6.03. The summed E-state index contributed by atoms with van der Waals surface area (Å²) in [6.07, 6.45) is 0. The van der Waals surface area contributed by atoms with Crippen molar-refractivity contribution < 1.29 is 0 Å². The summed E-state index contributed by atoms with van der Waals surface area (Å²) in [7, 11) is 0. The molecular formula is C57H40N4. The van der Waals surface area contributed by atoms with Crippen molar-refractivity contribution in [1.29, 1.82) is 0 Å². The van der Waals surface area contributed by atoms with E-state index < -0.39 is 0 Å². The quantitative estimate of drug-likeness (QED) is 0.162. The van der Waals surface area contributed by atoms with Gasteiger partial charge in [-0.25, -0.2) is 19.9 Å². The van der Waals surface area contributed by atoms with Gasteiger partial charge in [-0.1, -0.05) is 202 Å². The third-order valence-corrected chi connectivity index (χ3v) is 12.2. The SMILES string of the molecule is CC1(C)c2ccccc2-c2cc(-c3ccc(-c4ccc(-c5cccc(-c6nc(-c7ccccc7)nc(-c7ccc(-c8ccccc8)cc7)n6)c5)cc4)cc3)nc3cccc1c23. The summed E-state index contributed by atoms with van der Waals surface area (Å²) in [5, 5.41) is 1.26. The minimum Gasteiger partial charge on any atom is -0.248 e. The molecule has 0 atom stereocenters. The molecular weight excluding hydrogens is 741 g/mol. The van der Waals surface area contributed by atoms with Crippen LogP contribution in [0.5, 0.6) is 0 Å². The Morgan fingerprint density at radius 1 is 0.295 bits per heavy atom. The third-order valence-electron chi connectivity index (χ3n) is 12.2. The van der Waals surface area contributed by atoms with Gasteiger partial charge in [0, 0.05) is 33.1 Å². The van der Waals surface area contributed by atoms with E-state index in [1.54, 1.807) is 0 Å². The molecule has 288 valence electrons. The van der Waals surface area contributed by atoms with Crippen molar-refractivity contribution in [3.8, 4) is 89.9 Å². The summed E-state index contributed by atoms with van der Waals surface area (Å²) < 4.78 is 0. The Hall–Kier alpha value is -7.82. The van der Waals surface area contributed by atoms with Gasteiger partial charge in [0.25, 0.3) is 0 Å². The van der Waals surface area contributed by atoms with Gasteiger partial charge < -0.3 is 0 Å². The zero-order valence-corrected chi connectivity index (χ0v) is 33.9. The maximum atomic E-state index is 5.21. The topological polar surface area (TPSA) is 51.6 Å². The summed E-state index contributed by atoms with van der Waals surface area (Å²) in [6.45, 7) is 4.64. The van der Waals surface area contributed by atoms with Crippen molar-refractivity contribution in [2.24, 2.45) is 0 Å². The molecule has 10 aromatic rings. The molecule has 0 radical (unpaired) electrons. The molecule has 0 saturated carbocycles. The second-order valence-electron chi connectivity index (χ2n) is 16.3. The van der Waals surface area contributed by atoms with Crippen LogP contribution in [0.4, 0.5) is 0 Å². The fraction of sp³-hybridized carbons (Fsp3) is 0.0526. The van der Waals surface area contributed by atoms with Gasteiger partial charge in [-0.3, -0.25) is 0 Å². The highest BCUT2D eigenvalue weighted by Gasteiger charge is 2.33. The van der Waals surface area contributed by atoms with Crippen LogP contribution in [0.2, 0.25) is 0 Å². The van der Waals surface area contributed by atoms with E-state index in [4.69, 9.17) is 19.9 Å². The predicted octanol–water partition coefficient (Wildman–Crippen LogP) is 14.4. The van der Waals surface area contributed by atoms with Crippen LogP contribution in [0.3, 0.4) is 0 Å². The summed E-state index contributed by atoms with van der Waals surface area (Å²) >= 11 is 0. The highest BCUT2D eigenvalue weighted by atomic mass is 15.0. The number of fused-ring (bicyclic) bond motifs is 2. The van der Waals surface area contributed by atoms with Gasteiger partial charge in [-0.2, -0.15) is 0 Å². The molecule has 4 heteroatoms. The maximum Gasteiger partial charge on any atom is 0.164 e. The van der Waals surface area contributed by atoms with E-state index in [9.17, 15) is 0 Å². The summed E-state index contributed by atoms with van der Waals surface area (Å²) in [4.78, 5) is 20.2. The zero-order chi connectivity index (χ0) is 40.9. The maximum absolute atomic E-state index is 5.21. The molecule has 8 aromatic carbocycles. The number of benzene rings is 8. The van der Waals surface area contributed by atoms with E-state index in [0.29, 0.717) is 17.5 Å². The summed E-state index contributed by atoms with van der Waals surface area (Å²) in [5.74, 6) is 1.91. The van der Waals surface area contributed by atoms with Crippen LogP contribution in [0.1, 0.15) is 25.0 Å². The van der Waals surface area contributed by atoms with Crippen LogP contribution in [-0.4, -0.2) is 19.9 Å². The Labute approximate surface area is 356 Å². The van der Waals surface area contributed by atoms with Gasteiger partial charge in [0.2, 0.25) is 0 Å². The lowest BCUT2D eigenvalue weighted by Gasteiger charge is -2.35. The fourth-order valence-corrected chi connectivity index (χ4v) is 8.90. The lowest BCUT2D eigenvalue weighted by Crippen LogP contribution is -2.23. The zero-order valence-electron chi connectivity index (χ0n) is 33.9. The molecule has 1 aliphatic carbocycles. The average Bonchev–Trinajstić information content (AvgIpc) is 3.34. The van der Waals surface area contributed by atoms with Crippen molar-refractivity contribution >= 4 is 10.9 Å². The fourth-order valence-electron chi connectivity index (χ4n) is 8.90. The first-order valence-electron chi connectivity index (χ1n) is 20.8. The lowest BCUT2D eigenvalue weighted by atomic mass is 9.69. The molecule has 61 heavy (non-hydrogen) atoms. The first kappa shape index (κ1) is 36.3. The smallest absolute Gasteiger partial charge is 0.164 e. The molecule has 2 heterocycles. The third kappa shape index (κ3) is 6.59. The molecule has 0 saturated heterocycles. The Bertz CT molecular complexity index is 3230. The Morgan fingerprint density at radius 3 is 1.36 bits per heavy atom. The van der Waals surface area contributed by atoms with Crippen LogP contribution < -0.4 is 0 Å². The molecule has 0 aliphatic heterocycles. The Balaban J connectivity index is 0.884. The lowest BCUT2D eigenvalue weighted by molar-refractivity contribution is 0.645. The molecule has 11 rings (SSSR count). The highest BCUT2D eigenvalue weighted by Crippen LogP contribution is 2.49.